The molecule has 5 aromatic rings. The van der Waals surface area contributed by atoms with E-state index in [1.165, 1.54) is 7.11 Å². The van der Waals surface area contributed by atoms with E-state index in [4.69, 9.17) is 18.9 Å². The fraction of sp³-hybridized carbons (Fsp3) is 0.129. The molecule has 0 aliphatic carbocycles. The molecule has 196 valence electrons. The summed E-state index contributed by atoms with van der Waals surface area (Å²) in [5, 5.41) is 0.538. The van der Waals surface area contributed by atoms with Gasteiger partial charge in [0.05, 0.1) is 25.1 Å². The fourth-order valence-electron chi connectivity index (χ4n) is 4.17. The number of para-hydroxylation sites is 1. The Morgan fingerprint density at radius 1 is 0.744 bits per heavy atom. The predicted octanol–water partition coefficient (Wildman–Crippen LogP) is 5.58. The van der Waals surface area contributed by atoms with Crippen LogP contribution in [0.5, 0.6) is 23.0 Å². The summed E-state index contributed by atoms with van der Waals surface area (Å²) in [4.78, 5) is 30.9. The standard InChI is InChI=1S/C31H26N2O6/c1-36-28-15-20(17-34)10-12-26(28)38-18-21-6-5-7-22(14-21)19-39-27-13-11-23(16-29(27)37-2)30-32-25-9-4-3-8-24(25)31(35)33-30/h3-17H,18-19H2,1-2H3,(H,32,33,35). The van der Waals surface area contributed by atoms with Crippen molar-refractivity contribution in [2.24, 2.45) is 0 Å². The third kappa shape index (κ3) is 5.75. The first-order valence-electron chi connectivity index (χ1n) is 12.2. The average Bonchev–Trinajstić information content (AvgIpc) is 2.99. The Hall–Kier alpha value is -5.11. The van der Waals surface area contributed by atoms with Crippen LogP contribution in [0.15, 0.2) is 89.7 Å². The molecule has 0 atom stereocenters. The summed E-state index contributed by atoms with van der Waals surface area (Å²) in [5.41, 5.74) is 3.55. The molecule has 1 aromatic heterocycles. The molecule has 5 rings (SSSR count). The highest BCUT2D eigenvalue weighted by atomic mass is 16.5. The summed E-state index contributed by atoms with van der Waals surface area (Å²) in [5.74, 6) is 2.59. The maximum atomic E-state index is 12.5. The van der Waals surface area contributed by atoms with Crippen molar-refractivity contribution in [1.82, 2.24) is 9.97 Å². The highest BCUT2D eigenvalue weighted by Crippen LogP contribution is 2.32. The van der Waals surface area contributed by atoms with Crippen LogP contribution in [-0.2, 0) is 13.2 Å². The smallest absolute Gasteiger partial charge is 0.259 e. The van der Waals surface area contributed by atoms with E-state index < -0.39 is 0 Å². The molecule has 39 heavy (non-hydrogen) atoms. The van der Waals surface area contributed by atoms with Gasteiger partial charge >= 0.3 is 0 Å². The van der Waals surface area contributed by atoms with Gasteiger partial charge in [0.25, 0.3) is 5.56 Å². The number of methoxy groups -OCH3 is 2. The van der Waals surface area contributed by atoms with Crippen LogP contribution in [0.4, 0.5) is 0 Å². The lowest BCUT2D eigenvalue weighted by molar-refractivity contribution is 0.112. The van der Waals surface area contributed by atoms with Gasteiger partial charge < -0.3 is 23.9 Å². The number of aldehydes is 1. The first-order chi connectivity index (χ1) is 19.1. The van der Waals surface area contributed by atoms with Crippen molar-refractivity contribution in [3.05, 3.63) is 112 Å². The molecule has 8 heteroatoms. The topological polar surface area (TPSA) is 99.7 Å². The molecule has 0 spiro atoms. The van der Waals surface area contributed by atoms with Crippen molar-refractivity contribution < 1.29 is 23.7 Å². The van der Waals surface area contributed by atoms with E-state index in [0.29, 0.717) is 64.1 Å². The second kappa shape index (κ2) is 11.5. The molecule has 0 fully saturated rings. The van der Waals surface area contributed by atoms with Crippen molar-refractivity contribution in [3.8, 4) is 34.4 Å². The summed E-state index contributed by atoms with van der Waals surface area (Å²) >= 11 is 0. The molecule has 0 radical (unpaired) electrons. The number of H-pyrrole nitrogens is 1. The quantitative estimate of drug-likeness (QED) is 0.239. The largest absolute Gasteiger partial charge is 0.493 e. The summed E-state index contributed by atoms with van der Waals surface area (Å²) in [6, 6.07) is 25.5. The molecule has 0 aliphatic heterocycles. The molecule has 4 aromatic carbocycles. The lowest BCUT2D eigenvalue weighted by Gasteiger charge is -2.14. The van der Waals surface area contributed by atoms with Gasteiger partial charge in [-0.1, -0.05) is 30.3 Å². The normalized spacial score (nSPS) is 10.7. The SMILES string of the molecule is COc1cc(C=O)ccc1OCc1cccc(COc2ccc(-c3nc4ccccc4c(=O)[nH]3)cc2OC)c1. The zero-order chi connectivity index (χ0) is 27.2. The van der Waals surface area contributed by atoms with Crippen molar-refractivity contribution >= 4 is 17.2 Å². The number of rotatable bonds is 10. The second-order valence-electron chi connectivity index (χ2n) is 8.72. The van der Waals surface area contributed by atoms with E-state index in [9.17, 15) is 9.59 Å². The Bertz CT molecular complexity index is 1700. The fourth-order valence-corrected chi connectivity index (χ4v) is 4.17. The van der Waals surface area contributed by atoms with Crippen molar-refractivity contribution in [2.45, 2.75) is 13.2 Å². The summed E-state index contributed by atoms with van der Waals surface area (Å²) < 4.78 is 22.9. The van der Waals surface area contributed by atoms with E-state index in [2.05, 4.69) is 9.97 Å². The Balaban J connectivity index is 1.28. The van der Waals surface area contributed by atoms with E-state index in [0.717, 1.165) is 17.4 Å². The molecular formula is C31H26N2O6. The van der Waals surface area contributed by atoms with Crippen LogP contribution in [0.25, 0.3) is 22.3 Å². The zero-order valence-electron chi connectivity index (χ0n) is 21.5. The molecule has 1 heterocycles. The molecule has 0 saturated carbocycles. The van der Waals surface area contributed by atoms with Crippen LogP contribution in [-0.4, -0.2) is 30.5 Å². The van der Waals surface area contributed by atoms with Crippen LogP contribution in [0, 0.1) is 0 Å². The lowest BCUT2D eigenvalue weighted by atomic mass is 10.1. The highest BCUT2D eigenvalue weighted by Gasteiger charge is 2.12. The highest BCUT2D eigenvalue weighted by molar-refractivity contribution is 5.79. The van der Waals surface area contributed by atoms with Gasteiger partial charge in [-0.25, -0.2) is 4.98 Å². The molecule has 0 saturated heterocycles. The number of aromatic nitrogens is 2. The molecule has 1 N–H and O–H groups in total. The number of carbonyl (C=O) groups is 1. The number of nitrogens with one attached hydrogen (secondary N) is 1. The maximum Gasteiger partial charge on any atom is 0.259 e. The molecule has 0 bridgehead atoms. The van der Waals surface area contributed by atoms with E-state index in [-0.39, 0.29) is 5.56 Å². The second-order valence-corrected chi connectivity index (χ2v) is 8.72. The first kappa shape index (κ1) is 25.5. The van der Waals surface area contributed by atoms with Crippen LogP contribution in [0.2, 0.25) is 0 Å². The number of hydrogen-bond donors (Lipinski definition) is 1. The van der Waals surface area contributed by atoms with Crippen LogP contribution in [0.1, 0.15) is 21.5 Å². The first-order valence-corrected chi connectivity index (χ1v) is 12.2. The number of benzene rings is 4. The monoisotopic (exact) mass is 522 g/mol. The van der Waals surface area contributed by atoms with Crippen molar-refractivity contribution in [3.63, 3.8) is 0 Å². The Kier molecular flexibility index (Phi) is 7.54. The molecular weight excluding hydrogens is 496 g/mol. The molecule has 8 nitrogen and oxygen atoms in total. The van der Waals surface area contributed by atoms with Crippen molar-refractivity contribution in [1.29, 1.82) is 0 Å². The van der Waals surface area contributed by atoms with Crippen molar-refractivity contribution in [2.75, 3.05) is 14.2 Å². The van der Waals surface area contributed by atoms with Gasteiger partial charge in [-0.15, -0.1) is 0 Å². The summed E-state index contributed by atoms with van der Waals surface area (Å²) in [6.45, 7) is 0.631. The van der Waals surface area contributed by atoms with Gasteiger partial charge in [0.15, 0.2) is 23.0 Å². The third-order valence-corrected chi connectivity index (χ3v) is 6.15. The number of hydrogen-bond acceptors (Lipinski definition) is 7. The van der Waals surface area contributed by atoms with Gasteiger partial charge in [-0.3, -0.25) is 9.59 Å². The minimum Gasteiger partial charge on any atom is -0.493 e. The number of fused-ring (bicyclic) bond motifs is 1. The molecule has 0 amide bonds. The average molecular weight is 523 g/mol. The van der Waals surface area contributed by atoms with Gasteiger partial charge in [0.1, 0.15) is 25.3 Å². The molecule has 0 aliphatic rings. The summed E-state index contributed by atoms with van der Waals surface area (Å²) in [6.07, 6.45) is 0.763. The Morgan fingerprint density at radius 2 is 1.41 bits per heavy atom. The third-order valence-electron chi connectivity index (χ3n) is 6.15. The van der Waals surface area contributed by atoms with Gasteiger partial charge in [0.2, 0.25) is 0 Å². The van der Waals surface area contributed by atoms with E-state index in [1.807, 2.05) is 48.5 Å². The minimum atomic E-state index is -0.199. The lowest BCUT2D eigenvalue weighted by Crippen LogP contribution is -2.09. The van der Waals surface area contributed by atoms with Gasteiger partial charge in [-0.2, -0.15) is 0 Å². The number of ether oxygens (including phenoxy) is 4. The van der Waals surface area contributed by atoms with Gasteiger partial charge in [-0.05, 0) is 65.7 Å². The number of aromatic amines is 1. The minimum absolute atomic E-state index is 0.199. The molecule has 0 unspecified atom stereocenters. The van der Waals surface area contributed by atoms with Crippen LogP contribution < -0.4 is 24.5 Å². The number of nitrogens with zero attached hydrogens (tertiary/aromatic N) is 1. The predicted molar refractivity (Wildman–Crippen MR) is 148 cm³/mol. The van der Waals surface area contributed by atoms with Crippen LogP contribution in [0.3, 0.4) is 0 Å². The van der Waals surface area contributed by atoms with Gasteiger partial charge in [0, 0.05) is 11.1 Å². The van der Waals surface area contributed by atoms with Crippen LogP contribution >= 0.6 is 0 Å². The Labute approximate surface area is 224 Å². The zero-order valence-corrected chi connectivity index (χ0v) is 21.5. The summed E-state index contributed by atoms with van der Waals surface area (Å²) in [7, 11) is 3.10. The maximum absolute atomic E-state index is 12.5. The van der Waals surface area contributed by atoms with E-state index in [1.54, 1.807) is 43.5 Å². The number of carbonyl (C=O) groups excluding carboxylic acids is 1. The Morgan fingerprint density at radius 3 is 2.10 bits per heavy atom. The van der Waals surface area contributed by atoms with E-state index >= 15 is 0 Å².